The first-order valence-corrected chi connectivity index (χ1v) is 12.6. The molecule has 0 atom stereocenters. The molecule has 2 aromatic heterocycles. The number of aromatic nitrogens is 2. The molecule has 0 amide bonds. The van der Waals surface area contributed by atoms with Gasteiger partial charge in [-0.2, -0.15) is 0 Å². The van der Waals surface area contributed by atoms with E-state index in [-0.39, 0.29) is 45.6 Å². The van der Waals surface area contributed by atoms with Crippen LogP contribution in [0.15, 0.2) is 108 Å². The van der Waals surface area contributed by atoms with E-state index >= 15 is 0 Å². The second kappa shape index (κ2) is 16.9. The van der Waals surface area contributed by atoms with Crippen LogP contribution in [-0.2, 0) is 13.1 Å². The zero-order chi connectivity index (χ0) is 25.0. The van der Waals surface area contributed by atoms with Crippen LogP contribution in [0.4, 0.5) is 20.2 Å². The Bertz CT molecular complexity index is 1220. The molecular weight excluding hydrogens is 614 g/mol. The molecule has 0 radical (unpaired) electrons. The number of rotatable bonds is 11. The van der Waals surface area contributed by atoms with Crippen LogP contribution < -0.4 is 10.7 Å². The summed E-state index contributed by atoms with van der Waals surface area (Å²) in [4.78, 5) is 9.02. The van der Waals surface area contributed by atoms with Gasteiger partial charge in [0.1, 0.15) is 11.6 Å². The van der Waals surface area contributed by atoms with Gasteiger partial charge in [-0.05, 0) is 85.6 Å². The molecule has 4 nitrogen and oxygen atoms in total. The molecular formula is C30H34Br2F2N4. The van der Waals surface area contributed by atoms with Gasteiger partial charge in [0.05, 0.1) is 22.1 Å². The molecule has 202 valence electrons. The average Bonchev–Trinajstić information content (AvgIpc) is 2.90. The van der Waals surface area contributed by atoms with Gasteiger partial charge in [-0.25, -0.2) is 18.8 Å². The van der Waals surface area contributed by atoms with E-state index in [1.165, 1.54) is 49.9 Å². The van der Waals surface area contributed by atoms with Crippen LogP contribution in [-0.4, -0.2) is 9.13 Å². The van der Waals surface area contributed by atoms with Crippen LogP contribution >= 0.6 is 34.0 Å². The van der Waals surface area contributed by atoms with Gasteiger partial charge in [-0.3, -0.25) is 0 Å². The Morgan fingerprint density at radius 2 is 0.763 bits per heavy atom. The quantitative estimate of drug-likeness (QED) is 0.147. The summed E-state index contributed by atoms with van der Waals surface area (Å²) >= 11 is 0. The van der Waals surface area contributed by atoms with Crippen LogP contribution in [0.5, 0.6) is 0 Å². The Morgan fingerprint density at radius 1 is 0.447 bits per heavy atom. The third-order valence-electron chi connectivity index (χ3n) is 6.00. The summed E-state index contributed by atoms with van der Waals surface area (Å²) in [7, 11) is 0. The molecule has 0 unspecified atom stereocenters. The van der Waals surface area contributed by atoms with E-state index in [4.69, 9.17) is 0 Å². The molecule has 0 bridgehead atoms. The van der Waals surface area contributed by atoms with E-state index in [0.29, 0.717) is 0 Å². The van der Waals surface area contributed by atoms with Crippen molar-refractivity contribution in [2.45, 2.75) is 51.6 Å². The van der Waals surface area contributed by atoms with Crippen molar-refractivity contribution in [1.29, 1.82) is 0 Å². The number of nitrogens with zero attached hydrogens (tertiary/aromatic N) is 4. The van der Waals surface area contributed by atoms with Crippen molar-refractivity contribution >= 4 is 45.3 Å². The summed E-state index contributed by atoms with van der Waals surface area (Å²) in [5.41, 5.74) is 1.50. The van der Waals surface area contributed by atoms with Gasteiger partial charge in [-0.1, -0.05) is 25.7 Å². The van der Waals surface area contributed by atoms with Gasteiger partial charge >= 0.3 is 0 Å². The van der Waals surface area contributed by atoms with Gasteiger partial charge in [0.15, 0.2) is 0 Å². The minimum atomic E-state index is -0.249. The highest BCUT2D eigenvalue weighted by Gasteiger charge is 1.96. The summed E-state index contributed by atoms with van der Waals surface area (Å²) in [6.45, 7) is 2.00. The molecule has 2 heterocycles. The second-order valence-electron chi connectivity index (χ2n) is 8.89. The average molecular weight is 648 g/mol. The van der Waals surface area contributed by atoms with E-state index < -0.39 is 0 Å². The molecule has 4 aromatic rings. The van der Waals surface area contributed by atoms with E-state index in [1.807, 2.05) is 24.3 Å². The van der Waals surface area contributed by atoms with Crippen molar-refractivity contribution in [2.24, 2.45) is 9.98 Å². The van der Waals surface area contributed by atoms with Gasteiger partial charge in [0.2, 0.25) is 0 Å². The van der Waals surface area contributed by atoms with Crippen LogP contribution in [0.3, 0.4) is 0 Å². The van der Waals surface area contributed by atoms with Crippen LogP contribution in [0.25, 0.3) is 0 Å². The summed E-state index contributed by atoms with van der Waals surface area (Å²) in [5, 5.41) is 1.74. The highest BCUT2D eigenvalue weighted by atomic mass is 79.9. The van der Waals surface area contributed by atoms with Crippen LogP contribution in [0, 0.1) is 11.6 Å². The number of halogens is 4. The maximum absolute atomic E-state index is 13.0. The summed E-state index contributed by atoms with van der Waals surface area (Å²) in [5.74, 6) is -0.498. The standard InChI is InChI=1S/C30H32F2N4.2BrH/c31-25-7-11-27(12-8-25)33-29-15-21-35(22-16-29)19-5-3-1-2-4-6-20-36-23-17-30(18-24-36)34-28-13-9-26(32)10-14-28;;/h7-18,21-24H,1-6,19-20H2;2*1H. The Kier molecular flexibility index (Phi) is 13.9. The van der Waals surface area contributed by atoms with Crippen molar-refractivity contribution < 1.29 is 8.78 Å². The molecule has 0 N–H and O–H groups in total. The third kappa shape index (κ3) is 10.9. The van der Waals surface area contributed by atoms with E-state index in [1.54, 1.807) is 24.3 Å². The maximum Gasteiger partial charge on any atom is 0.123 e. The minimum Gasteiger partial charge on any atom is -0.354 e. The second-order valence-corrected chi connectivity index (χ2v) is 8.89. The SMILES string of the molecule is Br.Br.Fc1ccc(N=c2ccn(CCCCCCCCn3ccc(=Nc4ccc(F)cc4)cc3)cc2)cc1. The molecule has 0 saturated heterocycles. The molecule has 8 heteroatoms. The Balaban J connectivity index is 0.00000253. The zero-order valence-electron chi connectivity index (χ0n) is 21.3. The fourth-order valence-electron chi connectivity index (χ4n) is 3.97. The first kappa shape index (κ1) is 31.4. The topological polar surface area (TPSA) is 34.6 Å². The van der Waals surface area contributed by atoms with Gasteiger partial charge < -0.3 is 9.13 Å². The number of pyridine rings is 2. The van der Waals surface area contributed by atoms with Gasteiger partial charge in [-0.15, -0.1) is 34.0 Å². The first-order chi connectivity index (χ1) is 17.6. The molecule has 0 aliphatic carbocycles. The Morgan fingerprint density at radius 3 is 1.11 bits per heavy atom. The first-order valence-electron chi connectivity index (χ1n) is 12.6. The Labute approximate surface area is 244 Å². The monoisotopic (exact) mass is 646 g/mol. The zero-order valence-corrected chi connectivity index (χ0v) is 24.7. The third-order valence-corrected chi connectivity index (χ3v) is 6.00. The number of benzene rings is 2. The van der Waals surface area contributed by atoms with Crippen molar-refractivity contribution in [3.05, 3.63) is 120 Å². The lowest BCUT2D eigenvalue weighted by atomic mass is 10.1. The van der Waals surface area contributed by atoms with Crippen molar-refractivity contribution in [1.82, 2.24) is 9.13 Å². The number of hydrogen-bond acceptors (Lipinski definition) is 2. The molecule has 0 aliphatic heterocycles. The van der Waals surface area contributed by atoms with Crippen LogP contribution in [0.1, 0.15) is 38.5 Å². The smallest absolute Gasteiger partial charge is 0.123 e. The van der Waals surface area contributed by atoms with Gasteiger partial charge in [0, 0.05) is 37.9 Å². The summed E-state index contributed by atoms with van der Waals surface area (Å²) in [6.07, 6.45) is 15.5. The summed E-state index contributed by atoms with van der Waals surface area (Å²) in [6, 6.07) is 20.4. The predicted octanol–water partition coefficient (Wildman–Crippen LogP) is 8.23. The Hall–Kier alpha value is -2.84. The number of aryl methyl sites for hydroxylation is 2. The normalized spacial score (nSPS) is 10.3. The minimum absolute atomic E-state index is 0. The fourth-order valence-corrected chi connectivity index (χ4v) is 3.97. The molecule has 2 aromatic carbocycles. The van der Waals surface area contributed by atoms with Crippen molar-refractivity contribution in [3.8, 4) is 0 Å². The highest BCUT2D eigenvalue weighted by molar-refractivity contribution is 8.93. The van der Waals surface area contributed by atoms with Crippen molar-refractivity contribution in [2.75, 3.05) is 0 Å². The lowest BCUT2D eigenvalue weighted by Crippen LogP contribution is -2.05. The number of hydrogen-bond donors (Lipinski definition) is 0. The van der Waals surface area contributed by atoms with E-state index in [0.717, 1.165) is 48.0 Å². The van der Waals surface area contributed by atoms with E-state index in [9.17, 15) is 8.78 Å². The lowest BCUT2D eigenvalue weighted by molar-refractivity contribution is 0.529. The molecule has 0 spiro atoms. The van der Waals surface area contributed by atoms with Gasteiger partial charge in [0.25, 0.3) is 0 Å². The molecule has 0 aliphatic rings. The molecule has 0 saturated carbocycles. The maximum atomic E-state index is 13.0. The largest absolute Gasteiger partial charge is 0.354 e. The van der Waals surface area contributed by atoms with Crippen LogP contribution in [0.2, 0.25) is 0 Å². The number of unbranched alkanes of at least 4 members (excludes halogenated alkanes) is 5. The molecule has 4 rings (SSSR count). The lowest BCUT2D eigenvalue weighted by Gasteiger charge is -2.07. The van der Waals surface area contributed by atoms with E-state index in [2.05, 4.69) is 43.9 Å². The predicted molar refractivity (Wildman–Crippen MR) is 160 cm³/mol. The van der Waals surface area contributed by atoms with Crippen molar-refractivity contribution in [3.63, 3.8) is 0 Å². The fraction of sp³-hybridized carbons (Fsp3) is 0.267. The summed E-state index contributed by atoms with van der Waals surface area (Å²) < 4.78 is 30.4. The molecule has 38 heavy (non-hydrogen) atoms. The highest BCUT2D eigenvalue weighted by Crippen LogP contribution is 2.12. The molecule has 0 fully saturated rings.